The summed E-state index contributed by atoms with van der Waals surface area (Å²) in [5.74, 6) is 1.68. The van der Waals surface area contributed by atoms with E-state index in [4.69, 9.17) is 58.1 Å². The normalized spacial score (nSPS) is 11.0. The van der Waals surface area contributed by atoms with Gasteiger partial charge in [0.05, 0.1) is 56.1 Å². The van der Waals surface area contributed by atoms with Crippen LogP contribution in [0.2, 0.25) is 0 Å². The number of nitrogens with zero attached hydrogens (tertiary/aromatic N) is 3. The van der Waals surface area contributed by atoms with Crippen molar-refractivity contribution in [2.75, 3.05) is 51.2 Å². The zero-order valence-corrected chi connectivity index (χ0v) is 47.2. The summed E-state index contributed by atoms with van der Waals surface area (Å²) in [7, 11) is 0. The summed E-state index contributed by atoms with van der Waals surface area (Å²) in [5.41, 5.74) is 1.45. The van der Waals surface area contributed by atoms with E-state index < -0.39 is 11.9 Å². The van der Waals surface area contributed by atoms with E-state index in [1.54, 1.807) is 72.1 Å². The maximum Gasteiger partial charge on any atom is 0.330 e. The summed E-state index contributed by atoms with van der Waals surface area (Å²) in [4.78, 5) is 75.1. The van der Waals surface area contributed by atoms with Crippen LogP contribution in [0.4, 0.5) is 5.13 Å². The molecule has 1 heterocycles. The van der Waals surface area contributed by atoms with E-state index >= 15 is 0 Å². The summed E-state index contributed by atoms with van der Waals surface area (Å²) in [6.45, 7) is 12.2. The van der Waals surface area contributed by atoms with Crippen LogP contribution in [-0.4, -0.2) is 81.3 Å². The summed E-state index contributed by atoms with van der Waals surface area (Å²) >= 11 is 1.57. The number of unbranched alkanes of at least 4 members (excludes halogenated alkanes) is 13. The Hall–Kier alpha value is -7.28. The van der Waals surface area contributed by atoms with Crippen molar-refractivity contribution in [3.8, 4) is 34.5 Å². The fraction of sp³-hybridized carbons (Fsp3) is 0.452. The lowest BCUT2D eigenvalue weighted by molar-refractivity contribution is -0.207. The Balaban J connectivity index is 1.02. The molecule has 0 spiro atoms. The van der Waals surface area contributed by atoms with Gasteiger partial charge in [-0.1, -0.05) is 75.7 Å². The summed E-state index contributed by atoms with van der Waals surface area (Å²) in [5, 5.41) is 7.58. The Morgan fingerprint density at radius 3 is 1.62 bits per heavy atom. The lowest BCUT2D eigenvalue weighted by Gasteiger charge is -2.16. The molecular formula is C62H79N3O14S. The van der Waals surface area contributed by atoms with Crippen molar-refractivity contribution in [2.24, 2.45) is 5.10 Å². The number of hydrogen-bond acceptors (Lipinski definition) is 18. The van der Waals surface area contributed by atoms with Crippen molar-refractivity contribution in [1.29, 1.82) is 0 Å². The van der Waals surface area contributed by atoms with Crippen molar-refractivity contribution in [2.45, 2.75) is 135 Å². The minimum absolute atomic E-state index is 0.213. The van der Waals surface area contributed by atoms with Gasteiger partial charge in [0.25, 0.3) is 0 Å². The third kappa shape index (κ3) is 26.6. The molecule has 0 aliphatic rings. The molecule has 0 saturated carbocycles. The molecule has 80 heavy (non-hydrogen) atoms. The van der Waals surface area contributed by atoms with Gasteiger partial charge >= 0.3 is 23.9 Å². The SMILES string of the molecule is C=CC(=O)OCCCCCCOc1ccc(OOCCCCCC(=O)Oc2ccc(OOCCCCCC(=O)Oc3ccc(OCCCCCCOC(=O)C=C)cc3)c(/C=N/N(CCCCCC)c3nc4ccccc4s3)c2)cc1. The monoisotopic (exact) mass is 1120 g/mol. The van der Waals surface area contributed by atoms with E-state index in [9.17, 15) is 19.2 Å². The maximum absolute atomic E-state index is 13.1. The number of benzene rings is 4. The van der Waals surface area contributed by atoms with Crippen molar-refractivity contribution in [1.82, 2.24) is 4.98 Å². The van der Waals surface area contributed by atoms with Gasteiger partial charge < -0.3 is 38.2 Å². The minimum atomic E-state index is -0.402. The average molecular weight is 1120 g/mol. The number of carbonyl (C=O) groups is 4. The molecule has 0 aliphatic carbocycles. The highest BCUT2D eigenvalue weighted by Crippen LogP contribution is 2.30. The highest BCUT2D eigenvalue weighted by molar-refractivity contribution is 7.22. The molecule has 0 radical (unpaired) electrons. The van der Waals surface area contributed by atoms with Crippen LogP contribution in [-0.2, 0) is 38.4 Å². The Morgan fingerprint density at radius 1 is 0.537 bits per heavy atom. The van der Waals surface area contributed by atoms with Gasteiger partial charge in [0.1, 0.15) is 23.0 Å². The molecule has 4 aromatic carbocycles. The predicted molar refractivity (Wildman–Crippen MR) is 310 cm³/mol. The molecule has 0 saturated heterocycles. The number of ether oxygens (including phenoxy) is 6. The number of rotatable bonds is 44. The van der Waals surface area contributed by atoms with Gasteiger partial charge in [-0.15, -0.1) is 0 Å². The highest BCUT2D eigenvalue weighted by atomic mass is 32.1. The van der Waals surface area contributed by atoms with Crippen LogP contribution in [0.15, 0.2) is 121 Å². The predicted octanol–water partition coefficient (Wildman–Crippen LogP) is 14.0. The lowest BCUT2D eigenvalue weighted by atomic mass is 10.2. The largest absolute Gasteiger partial charge is 0.494 e. The fourth-order valence-electron chi connectivity index (χ4n) is 7.71. The van der Waals surface area contributed by atoms with Gasteiger partial charge in [0, 0.05) is 37.1 Å². The van der Waals surface area contributed by atoms with E-state index in [0.717, 1.165) is 111 Å². The van der Waals surface area contributed by atoms with E-state index in [-0.39, 0.29) is 31.4 Å². The minimum Gasteiger partial charge on any atom is -0.494 e. The Labute approximate surface area is 475 Å². The average Bonchev–Trinajstić information content (AvgIpc) is 3.91. The zero-order valence-electron chi connectivity index (χ0n) is 46.4. The van der Waals surface area contributed by atoms with Gasteiger partial charge in [0.2, 0.25) is 5.13 Å². The molecule has 0 fully saturated rings. The molecule has 0 bridgehead atoms. The highest BCUT2D eigenvalue weighted by Gasteiger charge is 2.15. The van der Waals surface area contributed by atoms with Gasteiger partial charge in [-0.2, -0.15) is 14.9 Å². The maximum atomic E-state index is 13.1. The van der Waals surface area contributed by atoms with Crippen LogP contribution < -0.4 is 33.7 Å². The first-order valence-corrected chi connectivity index (χ1v) is 28.9. The van der Waals surface area contributed by atoms with Gasteiger partial charge in [0.15, 0.2) is 11.5 Å². The van der Waals surface area contributed by atoms with Crippen LogP contribution >= 0.6 is 11.3 Å². The van der Waals surface area contributed by atoms with Crippen molar-refractivity contribution in [3.63, 3.8) is 0 Å². The molecule has 0 N–H and O–H groups in total. The standard InChI is InChI=1S/C62H79N3O14S/c1-4-7-8-19-40-65(62-64-55-26-17-18-27-57(55)80-62)63-48-49-47-54(77-61(69)29-16-13-24-45-74-78-53-36-32-51(33-37-53)71-42-21-10-12-23-44-73-59(67)6-3)38-39-56(49)79-75-46-25-14-15-28-60(68)76-52-34-30-50(31-35-52)70-41-20-9-11-22-43-72-58(66)5-2/h5-6,17-18,26-27,30-39,47-48H,2-4,7-16,19-25,28-29,40-46H2,1H3/b63-48+. The molecule has 17 nitrogen and oxygen atoms in total. The molecule has 5 aromatic rings. The summed E-state index contributed by atoms with van der Waals surface area (Å²) in [6.07, 6.45) is 19.8. The van der Waals surface area contributed by atoms with Crippen LogP contribution in [0.25, 0.3) is 10.2 Å². The Bertz CT molecular complexity index is 2590. The Kier molecular flexibility index (Phi) is 31.1. The lowest BCUT2D eigenvalue weighted by Crippen LogP contribution is -2.18. The number of para-hydroxylation sites is 1. The fourth-order valence-corrected chi connectivity index (χ4v) is 8.66. The molecule has 5 rings (SSSR count). The number of hydrazone groups is 1. The van der Waals surface area contributed by atoms with E-state index in [2.05, 4.69) is 20.1 Å². The second-order valence-electron chi connectivity index (χ2n) is 18.7. The molecule has 0 aliphatic heterocycles. The first kappa shape index (κ1) is 63.6. The van der Waals surface area contributed by atoms with E-state index in [0.29, 0.717) is 106 Å². The number of carbonyl (C=O) groups excluding carboxylic acids is 4. The van der Waals surface area contributed by atoms with Crippen molar-refractivity contribution in [3.05, 3.63) is 122 Å². The first-order chi connectivity index (χ1) is 39.2. The third-order valence-corrected chi connectivity index (χ3v) is 13.2. The van der Waals surface area contributed by atoms with Gasteiger partial charge in [-0.05, 0) is 162 Å². The number of anilines is 1. The van der Waals surface area contributed by atoms with Crippen LogP contribution in [0, 0.1) is 0 Å². The molecule has 0 unspecified atom stereocenters. The van der Waals surface area contributed by atoms with Crippen molar-refractivity contribution < 1.29 is 67.1 Å². The zero-order chi connectivity index (χ0) is 56.7. The smallest absolute Gasteiger partial charge is 0.330 e. The number of thiazole rings is 1. The topological polar surface area (TPSA) is 189 Å². The quantitative estimate of drug-likeness (QED) is 0.00680. The number of aromatic nitrogens is 1. The second-order valence-corrected chi connectivity index (χ2v) is 19.7. The van der Waals surface area contributed by atoms with Crippen LogP contribution in [0.1, 0.15) is 141 Å². The van der Waals surface area contributed by atoms with Crippen LogP contribution in [0.5, 0.6) is 34.5 Å². The second kappa shape index (κ2) is 39.1. The van der Waals surface area contributed by atoms with E-state index in [1.165, 1.54) is 6.08 Å². The molecular weight excluding hydrogens is 1040 g/mol. The van der Waals surface area contributed by atoms with Crippen LogP contribution in [0.3, 0.4) is 0 Å². The van der Waals surface area contributed by atoms with Gasteiger partial charge in [-0.3, -0.25) is 9.59 Å². The number of fused-ring (bicyclic) bond motifs is 1. The molecule has 0 amide bonds. The molecule has 432 valence electrons. The molecule has 0 atom stereocenters. The number of esters is 4. The summed E-state index contributed by atoms with van der Waals surface area (Å²) < 4.78 is 34.0. The first-order valence-electron chi connectivity index (χ1n) is 28.1. The summed E-state index contributed by atoms with van der Waals surface area (Å²) in [6, 6.07) is 27.3. The molecule has 1 aromatic heterocycles. The third-order valence-electron chi connectivity index (χ3n) is 12.1. The Morgan fingerprint density at radius 2 is 1.04 bits per heavy atom. The van der Waals surface area contributed by atoms with E-state index in [1.807, 2.05) is 41.4 Å². The molecule has 18 heteroatoms. The van der Waals surface area contributed by atoms with Crippen molar-refractivity contribution >= 4 is 56.8 Å². The number of hydrogen-bond donors (Lipinski definition) is 0. The van der Waals surface area contributed by atoms with Gasteiger partial charge in [-0.25, -0.2) is 19.6 Å².